The van der Waals surface area contributed by atoms with Gasteiger partial charge in [0.2, 0.25) is 5.09 Å². The van der Waals surface area contributed by atoms with Crippen molar-refractivity contribution >= 4 is 28.3 Å². The predicted molar refractivity (Wildman–Crippen MR) is 87.3 cm³/mol. The Hall–Kier alpha value is -1.09. The molecule has 0 aliphatic carbocycles. The first kappa shape index (κ1) is 18.3. The van der Waals surface area contributed by atoms with Crippen molar-refractivity contribution in [3.05, 3.63) is 17.9 Å². The number of nitrogens with zero attached hydrogens (tertiary/aromatic N) is 1. The van der Waals surface area contributed by atoms with Crippen molar-refractivity contribution in [3.63, 3.8) is 0 Å². The fraction of sp³-hybridized carbons (Fsp3) is 0.643. The third kappa shape index (κ3) is 3.55. The zero-order valence-electron chi connectivity index (χ0n) is 13.1. The second-order valence-corrected chi connectivity index (χ2v) is 7.82. The van der Waals surface area contributed by atoms with E-state index in [0.29, 0.717) is 12.1 Å². The number of fused-ring (bicyclic) bond motifs is 2. The van der Waals surface area contributed by atoms with Gasteiger partial charge in [-0.1, -0.05) is 0 Å². The molecule has 1 aromatic rings. The van der Waals surface area contributed by atoms with E-state index in [1.807, 2.05) is 0 Å². The van der Waals surface area contributed by atoms with Crippen molar-refractivity contribution in [3.8, 4) is 0 Å². The van der Waals surface area contributed by atoms with Gasteiger partial charge in [0, 0.05) is 25.2 Å². The van der Waals surface area contributed by atoms with E-state index in [1.54, 1.807) is 11.9 Å². The zero-order chi connectivity index (χ0) is 15.9. The van der Waals surface area contributed by atoms with Gasteiger partial charge in [-0.3, -0.25) is 4.79 Å². The third-order valence-electron chi connectivity index (χ3n) is 4.64. The van der Waals surface area contributed by atoms with Crippen molar-refractivity contribution < 1.29 is 17.6 Å². The Morgan fingerprint density at radius 1 is 1.30 bits per heavy atom. The topological polar surface area (TPSA) is 91.7 Å². The molecule has 7 nitrogen and oxygen atoms in total. The molecule has 0 radical (unpaired) electrons. The molecule has 2 unspecified atom stereocenters. The van der Waals surface area contributed by atoms with Crippen LogP contribution in [0.5, 0.6) is 0 Å². The number of hydrogen-bond acceptors (Lipinski definition) is 5. The lowest BCUT2D eigenvalue weighted by Crippen LogP contribution is -2.48. The largest absolute Gasteiger partial charge is 0.438 e. The number of sulfonamides is 1. The number of piperidine rings is 1. The lowest BCUT2D eigenvalue weighted by molar-refractivity contribution is 0.0644. The summed E-state index contributed by atoms with van der Waals surface area (Å²) in [4.78, 5) is 14.2. The number of halogens is 1. The predicted octanol–water partition coefficient (Wildman–Crippen LogP) is 0.965. The average molecular weight is 364 g/mol. The second-order valence-electron chi connectivity index (χ2n) is 6.01. The Labute approximate surface area is 142 Å². The minimum atomic E-state index is -3.67. The second kappa shape index (κ2) is 6.80. The highest BCUT2D eigenvalue weighted by Gasteiger charge is 2.37. The fourth-order valence-electron chi connectivity index (χ4n) is 3.36. The Morgan fingerprint density at radius 3 is 2.48 bits per heavy atom. The first-order chi connectivity index (χ1) is 10.4. The van der Waals surface area contributed by atoms with Gasteiger partial charge in [0.25, 0.3) is 15.9 Å². The van der Waals surface area contributed by atoms with Crippen LogP contribution in [-0.4, -0.2) is 51.4 Å². The molecule has 2 atom stereocenters. The molecule has 3 heterocycles. The number of carbonyl (C=O) groups is 1. The van der Waals surface area contributed by atoms with E-state index in [4.69, 9.17) is 4.42 Å². The third-order valence-corrected chi connectivity index (χ3v) is 5.93. The van der Waals surface area contributed by atoms with Crippen LogP contribution in [0.4, 0.5) is 0 Å². The molecular weight excluding hydrogens is 342 g/mol. The quantitative estimate of drug-likeness (QED) is 0.831. The van der Waals surface area contributed by atoms with Crippen LogP contribution in [0.25, 0.3) is 0 Å². The summed E-state index contributed by atoms with van der Waals surface area (Å²) < 4.78 is 30.7. The average Bonchev–Trinajstić information content (AvgIpc) is 3.13. The standard InChI is InChI=1S/C14H21N3O4S.ClH/c1-15-22(19,20)13-6-5-12(21-13)14(18)17(2)11-7-9-3-4-10(8-11)16-9;/h5-6,9-11,15-16H,3-4,7-8H2,1-2H3;1H. The van der Waals surface area contributed by atoms with Crippen LogP contribution < -0.4 is 10.0 Å². The van der Waals surface area contributed by atoms with Gasteiger partial charge in [-0.2, -0.15) is 0 Å². The number of rotatable bonds is 4. The van der Waals surface area contributed by atoms with Crippen molar-refractivity contribution in [2.45, 2.75) is 48.9 Å². The van der Waals surface area contributed by atoms with E-state index in [1.165, 1.54) is 19.2 Å². The minimum Gasteiger partial charge on any atom is -0.438 e. The molecule has 1 amide bonds. The smallest absolute Gasteiger partial charge is 0.289 e. The zero-order valence-corrected chi connectivity index (χ0v) is 14.7. The maximum Gasteiger partial charge on any atom is 0.289 e. The van der Waals surface area contributed by atoms with E-state index < -0.39 is 10.0 Å². The van der Waals surface area contributed by atoms with Crippen LogP contribution in [-0.2, 0) is 10.0 Å². The molecule has 2 saturated heterocycles. The molecule has 1 aromatic heterocycles. The van der Waals surface area contributed by atoms with Crippen LogP contribution in [0, 0.1) is 0 Å². The van der Waals surface area contributed by atoms with E-state index in [9.17, 15) is 13.2 Å². The Balaban J connectivity index is 0.00000192. The summed E-state index contributed by atoms with van der Waals surface area (Å²) in [6.45, 7) is 0. The van der Waals surface area contributed by atoms with Gasteiger partial charge in [-0.05, 0) is 44.9 Å². The van der Waals surface area contributed by atoms with E-state index in [2.05, 4.69) is 10.0 Å². The van der Waals surface area contributed by atoms with Gasteiger partial charge < -0.3 is 14.6 Å². The maximum absolute atomic E-state index is 12.5. The molecular formula is C14H22ClN3O4S. The Bertz CT molecular complexity index is 663. The number of amides is 1. The van der Waals surface area contributed by atoms with E-state index in [-0.39, 0.29) is 35.2 Å². The summed E-state index contributed by atoms with van der Waals surface area (Å²) in [7, 11) is -0.608. The van der Waals surface area contributed by atoms with Gasteiger partial charge in [-0.25, -0.2) is 13.1 Å². The van der Waals surface area contributed by atoms with Crippen molar-refractivity contribution in [1.82, 2.24) is 14.9 Å². The summed E-state index contributed by atoms with van der Waals surface area (Å²) in [5, 5.41) is 3.30. The van der Waals surface area contributed by atoms with Gasteiger partial charge in [-0.15, -0.1) is 12.4 Å². The molecule has 2 N–H and O–H groups in total. The van der Waals surface area contributed by atoms with Crippen molar-refractivity contribution in [2.75, 3.05) is 14.1 Å². The highest BCUT2D eigenvalue weighted by molar-refractivity contribution is 7.89. The Kier molecular flexibility index (Phi) is 5.40. The SMILES string of the molecule is CNS(=O)(=O)c1ccc(C(=O)N(C)C2CC3CCC(C2)N3)o1.Cl. The number of furan rings is 1. The number of carbonyl (C=O) groups excluding carboxylic acids is 1. The number of hydrogen-bond donors (Lipinski definition) is 2. The molecule has 3 rings (SSSR count). The summed E-state index contributed by atoms with van der Waals surface area (Å²) >= 11 is 0. The molecule has 2 aliphatic heterocycles. The molecule has 2 aliphatic rings. The summed E-state index contributed by atoms with van der Waals surface area (Å²) in [6, 6.07) is 3.85. The van der Waals surface area contributed by atoms with E-state index >= 15 is 0 Å². The lowest BCUT2D eigenvalue weighted by Gasteiger charge is -2.35. The monoisotopic (exact) mass is 363 g/mol. The van der Waals surface area contributed by atoms with Gasteiger partial charge >= 0.3 is 0 Å². The van der Waals surface area contributed by atoms with Crippen molar-refractivity contribution in [1.29, 1.82) is 0 Å². The first-order valence-electron chi connectivity index (χ1n) is 7.47. The molecule has 2 bridgehead atoms. The summed E-state index contributed by atoms with van der Waals surface area (Å²) in [6.07, 6.45) is 4.19. The normalized spacial score (nSPS) is 26.6. The Morgan fingerprint density at radius 2 is 1.91 bits per heavy atom. The van der Waals surface area contributed by atoms with Gasteiger partial charge in [0.15, 0.2) is 5.76 Å². The summed E-state index contributed by atoms with van der Waals surface area (Å²) in [5.41, 5.74) is 0. The highest BCUT2D eigenvalue weighted by Crippen LogP contribution is 2.30. The van der Waals surface area contributed by atoms with E-state index in [0.717, 1.165) is 25.7 Å². The molecule has 2 fully saturated rings. The van der Waals surface area contributed by atoms with Crippen LogP contribution in [0.3, 0.4) is 0 Å². The molecule has 9 heteroatoms. The fourth-order valence-corrected chi connectivity index (χ4v) is 4.01. The summed E-state index contributed by atoms with van der Waals surface area (Å²) in [5.74, 6) is -0.217. The maximum atomic E-state index is 12.5. The van der Waals surface area contributed by atoms with Crippen LogP contribution in [0.2, 0.25) is 0 Å². The lowest BCUT2D eigenvalue weighted by atomic mass is 9.98. The van der Waals surface area contributed by atoms with Crippen LogP contribution >= 0.6 is 12.4 Å². The molecule has 130 valence electrons. The number of nitrogens with one attached hydrogen (secondary N) is 2. The highest BCUT2D eigenvalue weighted by atomic mass is 35.5. The van der Waals surface area contributed by atoms with Gasteiger partial charge in [0.1, 0.15) is 0 Å². The van der Waals surface area contributed by atoms with Crippen molar-refractivity contribution in [2.24, 2.45) is 0 Å². The minimum absolute atomic E-state index is 0. The van der Waals surface area contributed by atoms with Crippen LogP contribution in [0.1, 0.15) is 36.2 Å². The van der Waals surface area contributed by atoms with Gasteiger partial charge in [0.05, 0.1) is 0 Å². The molecule has 0 saturated carbocycles. The molecule has 23 heavy (non-hydrogen) atoms. The van der Waals surface area contributed by atoms with Crippen LogP contribution in [0.15, 0.2) is 21.6 Å². The molecule has 0 aromatic carbocycles. The first-order valence-corrected chi connectivity index (χ1v) is 8.95. The molecule has 0 spiro atoms.